The molecule has 1 aromatic rings. The molecule has 0 unspecified atom stereocenters. The minimum atomic E-state index is 1.09. The van der Waals surface area contributed by atoms with E-state index in [4.69, 9.17) is 0 Å². The minimum absolute atomic E-state index is 1.09. The molecule has 0 atom stereocenters. The Morgan fingerprint density at radius 3 is 2.26 bits per heavy atom. The van der Waals surface area contributed by atoms with Crippen LogP contribution in [0.5, 0.6) is 0 Å². The summed E-state index contributed by atoms with van der Waals surface area (Å²) in [6.07, 6.45) is 2.42. The van der Waals surface area contributed by atoms with E-state index >= 15 is 0 Å². The van der Waals surface area contributed by atoms with Crippen LogP contribution in [0, 0.1) is 0 Å². The maximum atomic E-state index is 3.54. The van der Waals surface area contributed by atoms with Crippen LogP contribution in [0.3, 0.4) is 0 Å². The van der Waals surface area contributed by atoms with Gasteiger partial charge in [0.15, 0.2) is 0 Å². The van der Waals surface area contributed by atoms with Crippen molar-refractivity contribution in [1.29, 1.82) is 0 Å². The third-order valence-electron chi connectivity index (χ3n) is 3.92. The van der Waals surface area contributed by atoms with E-state index in [-0.39, 0.29) is 0 Å². The highest BCUT2D eigenvalue weighted by molar-refractivity contribution is 9.09. The van der Waals surface area contributed by atoms with E-state index in [0.717, 1.165) is 18.3 Å². The molecular weight excluding hydrogens is 300 g/mol. The molecule has 0 aromatic heterocycles. The Balaban J connectivity index is 1.84. The SMILES string of the molecule is CCc1ccc(CN2CCCN(CCBr)CC2)cc1. The molecule has 2 nitrogen and oxygen atoms in total. The maximum absolute atomic E-state index is 3.54. The normalized spacial score (nSPS) is 18.4. The summed E-state index contributed by atoms with van der Waals surface area (Å²) >= 11 is 3.54. The summed E-state index contributed by atoms with van der Waals surface area (Å²) in [7, 11) is 0. The van der Waals surface area contributed by atoms with E-state index in [2.05, 4.69) is 56.9 Å². The van der Waals surface area contributed by atoms with Crippen molar-refractivity contribution in [1.82, 2.24) is 9.80 Å². The molecule has 1 saturated heterocycles. The molecular formula is C16H25BrN2. The Bertz CT molecular complexity index is 364. The van der Waals surface area contributed by atoms with Crippen molar-refractivity contribution in [3.8, 4) is 0 Å². The molecule has 2 rings (SSSR count). The first-order valence-corrected chi connectivity index (χ1v) is 8.52. The summed E-state index contributed by atoms with van der Waals surface area (Å²) in [5, 5.41) is 1.09. The Morgan fingerprint density at radius 2 is 1.58 bits per heavy atom. The van der Waals surface area contributed by atoms with Crippen LogP contribution in [0.1, 0.15) is 24.5 Å². The molecule has 1 aliphatic rings. The Kier molecular flexibility index (Phi) is 6.35. The number of hydrogen-bond acceptors (Lipinski definition) is 2. The first-order chi connectivity index (χ1) is 9.31. The largest absolute Gasteiger partial charge is 0.301 e. The molecule has 0 saturated carbocycles. The first-order valence-electron chi connectivity index (χ1n) is 7.40. The molecule has 0 aliphatic carbocycles. The summed E-state index contributed by atoms with van der Waals surface area (Å²) < 4.78 is 0. The van der Waals surface area contributed by atoms with Crippen LogP contribution >= 0.6 is 15.9 Å². The van der Waals surface area contributed by atoms with Gasteiger partial charge in [-0.3, -0.25) is 4.90 Å². The third-order valence-corrected chi connectivity index (χ3v) is 4.27. The standard InChI is InChI=1S/C16H25BrN2/c1-2-15-4-6-16(7-5-15)14-19-10-3-9-18(11-8-17)12-13-19/h4-7H,2-3,8-14H2,1H3. The highest BCUT2D eigenvalue weighted by Gasteiger charge is 2.14. The monoisotopic (exact) mass is 324 g/mol. The van der Waals surface area contributed by atoms with Gasteiger partial charge >= 0.3 is 0 Å². The van der Waals surface area contributed by atoms with Gasteiger partial charge < -0.3 is 4.90 Å². The van der Waals surface area contributed by atoms with Gasteiger partial charge in [0, 0.05) is 31.5 Å². The summed E-state index contributed by atoms with van der Waals surface area (Å²) in [5.74, 6) is 0. The molecule has 1 heterocycles. The summed E-state index contributed by atoms with van der Waals surface area (Å²) in [6.45, 7) is 9.37. The molecule has 0 bridgehead atoms. The zero-order chi connectivity index (χ0) is 13.5. The minimum Gasteiger partial charge on any atom is -0.301 e. The number of alkyl halides is 1. The van der Waals surface area contributed by atoms with Gasteiger partial charge in [-0.25, -0.2) is 0 Å². The second-order valence-corrected chi connectivity index (χ2v) is 6.12. The molecule has 0 amide bonds. The second-order valence-electron chi connectivity index (χ2n) is 5.33. The van der Waals surface area contributed by atoms with Crippen LogP contribution in [0.25, 0.3) is 0 Å². The molecule has 0 radical (unpaired) electrons. The number of benzene rings is 1. The van der Waals surface area contributed by atoms with Crippen LogP contribution < -0.4 is 0 Å². The highest BCUT2D eigenvalue weighted by Crippen LogP contribution is 2.11. The van der Waals surface area contributed by atoms with Gasteiger partial charge in [0.1, 0.15) is 0 Å². The molecule has 3 heteroatoms. The van der Waals surface area contributed by atoms with Crippen LogP contribution in [0.15, 0.2) is 24.3 Å². The van der Waals surface area contributed by atoms with E-state index < -0.39 is 0 Å². The number of hydrogen-bond donors (Lipinski definition) is 0. The Morgan fingerprint density at radius 1 is 0.947 bits per heavy atom. The van der Waals surface area contributed by atoms with Gasteiger partial charge in [-0.1, -0.05) is 47.1 Å². The van der Waals surface area contributed by atoms with Gasteiger partial charge in [-0.05, 0) is 37.1 Å². The smallest absolute Gasteiger partial charge is 0.0234 e. The highest BCUT2D eigenvalue weighted by atomic mass is 79.9. The topological polar surface area (TPSA) is 6.48 Å². The van der Waals surface area contributed by atoms with Crippen molar-refractivity contribution >= 4 is 15.9 Å². The van der Waals surface area contributed by atoms with Crippen LogP contribution in [-0.4, -0.2) is 47.9 Å². The predicted molar refractivity (Wildman–Crippen MR) is 85.9 cm³/mol. The molecule has 106 valence electrons. The van der Waals surface area contributed by atoms with Crippen LogP contribution in [0.2, 0.25) is 0 Å². The van der Waals surface area contributed by atoms with E-state index in [1.807, 2.05) is 0 Å². The summed E-state index contributed by atoms with van der Waals surface area (Å²) in [6, 6.07) is 9.12. The van der Waals surface area contributed by atoms with Gasteiger partial charge in [-0.15, -0.1) is 0 Å². The van der Waals surface area contributed by atoms with Gasteiger partial charge in [-0.2, -0.15) is 0 Å². The number of rotatable bonds is 5. The van der Waals surface area contributed by atoms with E-state index in [9.17, 15) is 0 Å². The van der Waals surface area contributed by atoms with Gasteiger partial charge in [0.05, 0.1) is 0 Å². The number of halogens is 1. The lowest BCUT2D eigenvalue weighted by Crippen LogP contribution is -2.31. The lowest BCUT2D eigenvalue weighted by Gasteiger charge is -2.21. The quantitative estimate of drug-likeness (QED) is 0.768. The number of nitrogens with zero attached hydrogens (tertiary/aromatic N) is 2. The van der Waals surface area contributed by atoms with Crippen molar-refractivity contribution < 1.29 is 0 Å². The predicted octanol–water partition coefficient (Wildman–Crippen LogP) is 3.15. The zero-order valence-electron chi connectivity index (χ0n) is 11.9. The average molecular weight is 325 g/mol. The summed E-state index contributed by atoms with van der Waals surface area (Å²) in [4.78, 5) is 5.16. The third kappa shape index (κ3) is 4.90. The molecule has 0 spiro atoms. The Labute approximate surface area is 125 Å². The second kappa shape index (κ2) is 8.03. The lowest BCUT2D eigenvalue weighted by atomic mass is 10.1. The Hall–Kier alpha value is -0.380. The first kappa shape index (κ1) is 15.0. The van der Waals surface area contributed by atoms with Crippen molar-refractivity contribution in [2.75, 3.05) is 38.1 Å². The molecule has 0 N–H and O–H groups in total. The fraction of sp³-hybridized carbons (Fsp3) is 0.625. The molecule has 1 fully saturated rings. The molecule has 1 aromatic carbocycles. The van der Waals surface area contributed by atoms with Crippen molar-refractivity contribution in [2.45, 2.75) is 26.3 Å². The fourth-order valence-electron chi connectivity index (χ4n) is 2.66. The van der Waals surface area contributed by atoms with E-state index in [1.165, 1.54) is 50.3 Å². The van der Waals surface area contributed by atoms with Crippen molar-refractivity contribution in [2.24, 2.45) is 0 Å². The maximum Gasteiger partial charge on any atom is 0.0234 e. The van der Waals surface area contributed by atoms with Crippen LogP contribution in [0.4, 0.5) is 0 Å². The van der Waals surface area contributed by atoms with E-state index in [0.29, 0.717) is 0 Å². The van der Waals surface area contributed by atoms with Crippen molar-refractivity contribution in [3.05, 3.63) is 35.4 Å². The average Bonchev–Trinajstić information content (AvgIpc) is 2.66. The van der Waals surface area contributed by atoms with Gasteiger partial charge in [0.25, 0.3) is 0 Å². The zero-order valence-corrected chi connectivity index (χ0v) is 13.5. The molecule has 1 aliphatic heterocycles. The summed E-state index contributed by atoms with van der Waals surface area (Å²) in [5.41, 5.74) is 2.88. The van der Waals surface area contributed by atoms with E-state index in [1.54, 1.807) is 0 Å². The fourth-order valence-corrected chi connectivity index (χ4v) is 3.17. The number of aryl methyl sites for hydroxylation is 1. The van der Waals surface area contributed by atoms with Gasteiger partial charge in [0.2, 0.25) is 0 Å². The van der Waals surface area contributed by atoms with Crippen LogP contribution in [-0.2, 0) is 13.0 Å². The van der Waals surface area contributed by atoms with Crippen molar-refractivity contribution in [3.63, 3.8) is 0 Å². The molecule has 19 heavy (non-hydrogen) atoms. The lowest BCUT2D eigenvalue weighted by molar-refractivity contribution is 0.258.